The first-order chi connectivity index (χ1) is 16.8. The second kappa shape index (κ2) is 11.1. The Morgan fingerprint density at radius 2 is 1.91 bits per heavy atom. The van der Waals surface area contributed by atoms with Gasteiger partial charge in [0.15, 0.2) is 6.61 Å². The lowest BCUT2D eigenvalue weighted by Gasteiger charge is -2.13. The van der Waals surface area contributed by atoms with E-state index in [4.69, 9.17) is 16.3 Å². The monoisotopic (exact) mass is 570 g/mol. The quantitative estimate of drug-likeness (QED) is 0.321. The van der Waals surface area contributed by atoms with Gasteiger partial charge in [-0.1, -0.05) is 51.8 Å². The van der Waals surface area contributed by atoms with E-state index in [2.05, 4.69) is 21.2 Å². The molecule has 1 N–H and O–H groups in total. The number of thioether (sulfide) groups is 1. The molecule has 3 aromatic carbocycles. The van der Waals surface area contributed by atoms with Crippen LogP contribution in [-0.2, 0) is 16.1 Å². The summed E-state index contributed by atoms with van der Waals surface area (Å²) >= 11 is 10.3. The number of aryl methyl sites for hydroxylation is 1. The molecule has 1 aliphatic heterocycles. The second-order valence-corrected chi connectivity index (χ2v) is 10.1. The molecule has 0 radical (unpaired) electrons. The molecule has 0 unspecified atom stereocenters. The lowest BCUT2D eigenvalue weighted by Crippen LogP contribution is -2.27. The summed E-state index contributed by atoms with van der Waals surface area (Å²) in [6.07, 6.45) is 1.60. The molecule has 0 saturated carbocycles. The molecule has 178 valence electrons. The minimum Gasteiger partial charge on any atom is -0.483 e. The third kappa shape index (κ3) is 6.54. The Kier molecular flexibility index (Phi) is 7.95. The fourth-order valence-corrected chi connectivity index (χ4v) is 4.84. The number of carbonyl (C=O) groups is 3. The molecular weight excluding hydrogens is 552 g/mol. The van der Waals surface area contributed by atoms with E-state index in [0.29, 0.717) is 22.0 Å². The van der Waals surface area contributed by atoms with Gasteiger partial charge in [-0.05, 0) is 78.4 Å². The van der Waals surface area contributed by atoms with Crippen molar-refractivity contribution in [2.45, 2.75) is 13.5 Å². The summed E-state index contributed by atoms with van der Waals surface area (Å²) in [5.74, 6) is -0.302. The number of halogens is 2. The van der Waals surface area contributed by atoms with Gasteiger partial charge in [0.05, 0.1) is 11.4 Å². The van der Waals surface area contributed by atoms with Crippen LogP contribution in [0.3, 0.4) is 0 Å². The van der Waals surface area contributed by atoms with Crippen LogP contribution in [0.1, 0.15) is 16.7 Å². The first kappa shape index (κ1) is 25.0. The zero-order valence-electron chi connectivity index (χ0n) is 18.6. The highest BCUT2D eigenvalue weighted by Gasteiger charge is 2.35. The van der Waals surface area contributed by atoms with Crippen molar-refractivity contribution in [3.63, 3.8) is 0 Å². The molecule has 3 amide bonds. The van der Waals surface area contributed by atoms with Crippen LogP contribution in [-0.4, -0.2) is 28.6 Å². The third-order valence-electron chi connectivity index (χ3n) is 5.02. The molecule has 9 heteroatoms. The van der Waals surface area contributed by atoms with Gasteiger partial charge in [-0.25, -0.2) is 0 Å². The van der Waals surface area contributed by atoms with Crippen LogP contribution in [0.2, 0.25) is 5.02 Å². The smallest absolute Gasteiger partial charge is 0.293 e. The Labute approximate surface area is 220 Å². The van der Waals surface area contributed by atoms with Crippen LogP contribution in [0.5, 0.6) is 5.75 Å². The normalized spacial score (nSPS) is 14.5. The lowest BCUT2D eigenvalue weighted by molar-refractivity contribution is -0.123. The molecule has 3 aromatic rings. The predicted octanol–water partition coefficient (Wildman–Crippen LogP) is 6.66. The van der Waals surface area contributed by atoms with Gasteiger partial charge in [0.2, 0.25) is 0 Å². The number of carbonyl (C=O) groups excluding carboxylic acids is 3. The van der Waals surface area contributed by atoms with Crippen molar-refractivity contribution in [2.75, 3.05) is 11.9 Å². The van der Waals surface area contributed by atoms with E-state index >= 15 is 0 Å². The van der Waals surface area contributed by atoms with E-state index in [1.807, 2.05) is 25.1 Å². The number of nitrogens with one attached hydrogen (secondary N) is 1. The van der Waals surface area contributed by atoms with Crippen LogP contribution >= 0.6 is 39.3 Å². The topological polar surface area (TPSA) is 75.7 Å². The largest absolute Gasteiger partial charge is 0.483 e. The van der Waals surface area contributed by atoms with Crippen molar-refractivity contribution in [2.24, 2.45) is 0 Å². The van der Waals surface area contributed by atoms with E-state index in [0.717, 1.165) is 27.4 Å². The Morgan fingerprint density at radius 1 is 1.11 bits per heavy atom. The average molecular weight is 572 g/mol. The number of benzene rings is 3. The van der Waals surface area contributed by atoms with Crippen LogP contribution in [0.4, 0.5) is 10.5 Å². The van der Waals surface area contributed by atoms with Crippen LogP contribution in [0.15, 0.2) is 76.1 Å². The van der Waals surface area contributed by atoms with Crippen molar-refractivity contribution in [3.05, 3.63) is 97.8 Å². The van der Waals surface area contributed by atoms with Gasteiger partial charge < -0.3 is 10.1 Å². The van der Waals surface area contributed by atoms with Crippen molar-refractivity contribution < 1.29 is 19.1 Å². The van der Waals surface area contributed by atoms with Gasteiger partial charge >= 0.3 is 0 Å². The molecule has 0 aliphatic carbocycles. The van der Waals surface area contributed by atoms with Gasteiger partial charge in [-0.2, -0.15) is 0 Å². The minimum atomic E-state index is -0.400. The van der Waals surface area contributed by atoms with Crippen LogP contribution in [0, 0.1) is 6.92 Å². The predicted molar refractivity (Wildman–Crippen MR) is 142 cm³/mol. The average Bonchev–Trinajstić information content (AvgIpc) is 3.06. The molecule has 4 rings (SSSR count). The maximum atomic E-state index is 13.0. The van der Waals surface area contributed by atoms with Crippen LogP contribution < -0.4 is 10.1 Å². The maximum Gasteiger partial charge on any atom is 0.293 e. The van der Waals surface area contributed by atoms with Crippen molar-refractivity contribution in [1.82, 2.24) is 4.90 Å². The molecule has 0 spiro atoms. The number of ether oxygens (including phenoxy) is 1. The highest BCUT2D eigenvalue weighted by Crippen LogP contribution is 2.35. The summed E-state index contributed by atoms with van der Waals surface area (Å²) in [5.41, 5.74) is 3.04. The zero-order chi connectivity index (χ0) is 24.9. The number of hydrogen-bond acceptors (Lipinski definition) is 5. The Bertz CT molecular complexity index is 1340. The molecule has 0 aromatic heterocycles. The standard InChI is InChI=1S/C26H20BrClN2O4S/c1-16-4-2-7-21(10-16)29-24(31)15-34-22-9-8-19(27)12-18(22)13-23-25(32)30(26(33)35-23)14-17-5-3-6-20(28)11-17/h2-13H,14-15H2,1H3,(H,29,31)/b23-13-. The molecule has 1 heterocycles. The SMILES string of the molecule is Cc1cccc(NC(=O)COc2ccc(Br)cc2/C=C2\SC(=O)N(Cc3cccc(Cl)c3)C2=O)c1. The molecule has 0 bridgehead atoms. The van der Waals surface area contributed by atoms with Crippen molar-refractivity contribution in [1.29, 1.82) is 0 Å². The summed E-state index contributed by atoms with van der Waals surface area (Å²) in [6, 6.07) is 19.7. The summed E-state index contributed by atoms with van der Waals surface area (Å²) in [6.45, 7) is 1.85. The number of anilines is 1. The Morgan fingerprint density at radius 3 is 2.69 bits per heavy atom. The number of nitrogens with zero attached hydrogens (tertiary/aromatic N) is 1. The molecule has 6 nitrogen and oxygen atoms in total. The minimum absolute atomic E-state index is 0.129. The second-order valence-electron chi connectivity index (χ2n) is 7.79. The lowest BCUT2D eigenvalue weighted by atomic mass is 10.1. The first-order valence-electron chi connectivity index (χ1n) is 10.6. The molecule has 1 saturated heterocycles. The first-order valence-corrected chi connectivity index (χ1v) is 12.6. The highest BCUT2D eigenvalue weighted by atomic mass is 79.9. The van der Waals surface area contributed by atoms with Gasteiger partial charge in [0.25, 0.3) is 17.1 Å². The zero-order valence-corrected chi connectivity index (χ0v) is 21.7. The molecular formula is C26H20BrClN2O4S. The summed E-state index contributed by atoms with van der Waals surface area (Å²) < 4.78 is 6.52. The van der Waals surface area contributed by atoms with E-state index in [9.17, 15) is 14.4 Å². The number of imide groups is 1. The molecule has 1 fully saturated rings. The van der Waals surface area contributed by atoms with Crippen LogP contribution in [0.25, 0.3) is 6.08 Å². The summed E-state index contributed by atoms with van der Waals surface area (Å²) in [7, 11) is 0. The van der Waals surface area contributed by atoms with Gasteiger partial charge in [0.1, 0.15) is 5.75 Å². The van der Waals surface area contributed by atoms with Gasteiger partial charge in [-0.15, -0.1) is 0 Å². The van der Waals surface area contributed by atoms with Crippen molar-refractivity contribution in [3.8, 4) is 5.75 Å². The summed E-state index contributed by atoms with van der Waals surface area (Å²) in [4.78, 5) is 39.3. The Hall–Kier alpha value is -3.07. The number of amides is 3. The molecule has 1 aliphatic rings. The fraction of sp³-hybridized carbons (Fsp3) is 0.115. The van der Waals surface area contributed by atoms with Gasteiger partial charge in [-0.3, -0.25) is 19.3 Å². The summed E-state index contributed by atoms with van der Waals surface area (Å²) in [5, 5.41) is 2.97. The van der Waals surface area contributed by atoms with E-state index in [1.54, 1.807) is 54.6 Å². The highest BCUT2D eigenvalue weighted by molar-refractivity contribution is 9.10. The Balaban J connectivity index is 1.48. The molecule has 35 heavy (non-hydrogen) atoms. The molecule has 0 atom stereocenters. The number of hydrogen-bond donors (Lipinski definition) is 1. The van der Waals surface area contributed by atoms with Gasteiger partial charge in [0, 0.05) is 20.7 Å². The van der Waals surface area contributed by atoms with E-state index < -0.39 is 5.91 Å². The number of rotatable bonds is 7. The maximum absolute atomic E-state index is 13.0. The van der Waals surface area contributed by atoms with Crippen molar-refractivity contribution >= 4 is 68.1 Å². The van der Waals surface area contributed by atoms with E-state index in [-0.39, 0.29) is 29.2 Å². The van der Waals surface area contributed by atoms with E-state index in [1.165, 1.54) is 4.90 Å². The third-order valence-corrected chi connectivity index (χ3v) is 6.66. The fourth-order valence-electron chi connectivity index (χ4n) is 3.42.